The Kier molecular flexibility index (Phi) is 8.44. The second-order valence-corrected chi connectivity index (χ2v) is 7.16. The zero-order valence-corrected chi connectivity index (χ0v) is 17.1. The predicted octanol–water partition coefficient (Wildman–Crippen LogP) is 4.55. The van der Waals surface area contributed by atoms with Gasteiger partial charge in [0.05, 0.1) is 11.7 Å². The van der Waals surface area contributed by atoms with Crippen LogP contribution in [0.5, 0.6) is 0 Å². The topological polar surface area (TPSA) is 84.9 Å². The van der Waals surface area contributed by atoms with Crippen molar-refractivity contribution in [1.29, 1.82) is 0 Å². The first kappa shape index (κ1) is 24.2. The summed E-state index contributed by atoms with van der Waals surface area (Å²) in [4.78, 5) is 23.2. The highest BCUT2D eigenvalue weighted by molar-refractivity contribution is 5.72. The van der Waals surface area contributed by atoms with Crippen LogP contribution in [0.1, 0.15) is 36.1 Å². The van der Waals surface area contributed by atoms with E-state index < -0.39 is 29.9 Å². The molecule has 0 fully saturated rings. The molecule has 2 N–H and O–H groups in total. The minimum absolute atomic E-state index is 0.109. The highest BCUT2D eigenvalue weighted by Gasteiger charge is 2.30. The molecule has 0 aliphatic rings. The SMILES string of the molecule is CC(C)OC(Cc1cccc(CNC(=O)OCc2cccc(C(F)(F)F)c2)c1)C(=O)O. The van der Waals surface area contributed by atoms with Crippen LogP contribution >= 0.6 is 0 Å². The molecule has 2 aromatic carbocycles. The third kappa shape index (κ3) is 8.29. The lowest BCUT2D eigenvalue weighted by Crippen LogP contribution is -2.29. The minimum atomic E-state index is -4.47. The number of carbonyl (C=O) groups excluding carboxylic acids is 1. The van der Waals surface area contributed by atoms with Crippen molar-refractivity contribution in [2.45, 2.75) is 51.8 Å². The highest BCUT2D eigenvalue weighted by atomic mass is 19.4. The lowest BCUT2D eigenvalue weighted by atomic mass is 10.0. The summed E-state index contributed by atoms with van der Waals surface area (Å²) in [5.74, 6) is -1.06. The number of hydrogen-bond acceptors (Lipinski definition) is 4. The van der Waals surface area contributed by atoms with Crippen LogP contribution in [-0.2, 0) is 40.0 Å². The van der Waals surface area contributed by atoms with Crippen LogP contribution in [0.2, 0.25) is 0 Å². The molecule has 31 heavy (non-hydrogen) atoms. The van der Waals surface area contributed by atoms with Gasteiger partial charge in [-0.2, -0.15) is 13.2 Å². The highest BCUT2D eigenvalue weighted by Crippen LogP contribution is 2.29. The molecule has 0 aliphatic carbocycles. The van der Waals surface area contributed by atoms with E-state index in [1.165, 1.54) is 12.1 Å². The summed E-state index contributed by atoms with van der Waals surface area (Å²) >= 11 is 0. The molecule has 9 heteroatoms. The zero-order valence-electron chi connectivity index (χ0n) is 17.1. The fourth-order valence-electron chi connectivity index (χ4n) is 2.81. The van der Waals surface area contributed by atoms with Gasteiger partial charge in [0, 0.05) is 13.0 Å². The fourth-order valence-corrected chi connectivity index (χ4v) is 2.81. The van der Waals surface area contributed by atoms with Crippen LogP contribution in [0.3, 0.4) is 0 Å². The van der Waals surface area contributed by atoms with Gasteiger partial charge in [-0.1, -0.05) is 36.4 Å². The third-order valence-electron chi connectivity index (χ3n) is 4.19. The third-order valence-corrected chi connectivity index (χ3v) is 4.19. The summed E-state index contributed by atoms with van der Waals surface area (Å²) in [6.07, 6.45) is -6.31. The Morgan fingerprint density at radius 1 is 1.03 bits per heavy atom. The van der Waals surface area contributed by atoms with Crippen molar-refractivity contribution in [2.24, 2.45) is 0 Å². The molecule has 0 saturated heterocycles. The van der Waals surface area contributed by atoms with Gasteiger partial charge in [0.25, 0.3) is 0 Å². The number of nitrogens with one attached hydrogen (secondary N) is 1. The van der Waals surface area contributed by atoms with Gasteiger partial charge in [-0.15, -0.1) is 0 Å². The molecule has 1 amide bonds. The molecule has 0 heterocycles. The smallest absolute Gasteiger partial charge is 0.416 e. The standard InChI is InChI=1S/C22H24F3NO5/c1-14(2)31-19(20(27)28)11-15-5-3-6-16(9-15)12-26-21(29)30-13-17-7-4-8-18(10-17)22(23,24)25/h3-10,14,19H,11-13H2,1-2H3,(H,26,29)(H,27,28). The molecule has 2 rings (SSSR count). The Labute approximate surface area is 178 Å². The summed E-state index contributed by atoms with van der Waals surface area (Å²) in [5, 5.41) is 11.8. The van der Waals surface area contributed by atoms with Crippen molar-refractivity contribution >= 4 is 12.1 Å². The number of ether oxygens (including phenoxy) is 2. The van der Waals surface area contributed by atoms with Crippen molar-refractivity contribution in [3.63, 3.8) is 0 Å². The zero-order chi connectivity index (χ0) is 23.0. The Morgan fingerprint density at radius 3 is 2.32 bits per heavy atom. The van der Waals surface area contributed by atoms with E-state index in [4.69, 9.17) is 9.47 Å². The lowest BCUT2D eigenvalue weighted by Gasteiger charge is -2.17. The van der Waals surface area contributed by atoms with Gasteiger partial charge in [-0.05, 0) is 42.7 Å². The molecule has 0 radical (unpaired) electrons. The van der Waals surface area contributed by atoms with Gasteiger partial charge in [-0.25, -0.2) is 9.59 Å². The maximum absolute atomic E-state index is 12.7. The number of carboxylic acids is 1. The quantitative estimate of drug-likeness (QED) is 0.599. The van der Waals surface area contributed by atoms with Crippen LogP contribution in [0.15, 0.2) is 48.5 Å². The maximum Gasteiger partial charge on any atom is 0.416 e. The number of alkyl carbamates (subject to hydrolysis) is 1. The van der Waals surface area contributed by atoms with Crippen molar-refractivity contribution in [3.05, 3.63) is 70.8 Å². The van der Waals surface area contributed by atoms with Gasteiger partial charge in [0.15, 0.2) is 6.10 Å². The number of benzene rings is 2. The van der Waals surface area contributed by atoms with Crippen LogP contribution in [0.4, 0.5) is 18.0 Å². The van der Waals surface area contributed by atoms with E-state index in [1.54, 1.807) is 38.1 Å². The average molecular weight is 439 g/mol. The molecule has 0 spiro atoms. The summed E-state index contributed by atoms with van der Waals surface area (Å²) in [7, 11) is 0. The van der Waals surface area contributed by atoms with E-state index in [-0.39, 0.29) is 31.2 Å². The molecule has 168 valence electrons. The Balaban J connectivity index is 1.88. The van der Waals surface area contributed by atoms with Crippen LogP contribution in [0.25, 0.3) is 0 Å². The summed E-state index contributed by atoms with van der Waals surface area (Å²) in [5.41, 5.74) is 0.843. The normalized spacial score (nSPS) is 12.5. The van der Waals surface area contributed by atoms with Gasteiger partial charge in [0.1, 0.15) is 6.61 Å². The second kappa shape index (κ2) is 10.8. The number of carboxylic acid groups (broad SMARTS) is 1. The number of carbonyl (C=O) groups is 2. The van der Waals surface area contributed by atoms with Crippen molar-refractivity contribution in [2.75, 3.05) is 0 Å². The van der Waals surface area contributed by atoms with E-state index >= 15 is 0 Å². The lowest BCUT2D eigenvalue weighted by molar-refractivity contribution is -0.153. The van der Waals surface area contributed by atoms with Crippen molar-refractivity contribution < 1.29 is 37.3 Å². The largest absolute Gasteiger partial charge is 0.479 e. The fraction of sp³-hybridized carbons (Fsp3) is 0.364. The van der Waals surface area contributed by atoms with E-state index in [0.717, 1.165) is 17.7 Å². The maximum atomic E-state index is 12.7. The molecule has 6 nitrogen and oxygen atoms in total. The van der Waals surface area contributed by atoms with Crippen molar-refractivity contribution in [3.8, 4) is 0 Å². The molecule has 1 unspecified atom stereocenters. The number of hydrogen-bond donors (Lipinski definition) is 2. The van der Waals surface area contributed by atoms with Gasteiger partial charge in [0.2, 0.25) is 0 Å². The predicted molar refractivity (Wildman–Crippen MR) is 106 cm³/mol. The number of halogens is 3. The molecular formula is C22H24F3NO5. The molecule has 0 saturated carbocycles. The first-order chi connectivity index (χ1) is 14.5. The Bertz CT molecular complexity index is 899. The van der Waals surface area contributed by atoms with Crippen LogP contribution in [-0.4, -0.2) is 29.4 Å². The number of aliphatic carboxylic acids is 1. The molecule has 0 aliphatic heterocycles. The van der Waals surface area contributed by atoms with Crippen molar-refractivity contribution in [1.82, 2.24) is 5.32 Å². The van der Waals surface area contributed by atoms with Gasteiger partial charge >= 0.3 is 18.2 Å². The summed E-state index contributed by atoms with van der Waals surface area (Å²) in [6.45, 7) is 3.31. The van der Waals surface area contributed by atoms with Crippen LogP contribution < -0.4 is 5.32 Å². The van der Waals surface area contributed by atoms with E-state index in [0.29, 0.717) is 5.56 Å². The average Bonchev–Trinajstić information content (AvgIpc) is 2.70. The first-order valence-electron chi connectivity index (χ1n) is 9.57. The van der Waals surface area contributed by atoms with Gasteiger partial charge in [-0.3, -0.25) is 0 Å². The molecule has 1 atom stereocenters. The Morgan fingerprint density at radius 2 is 1.68 bits per heavy atom. The summed E-state index contributed by atoms with van der Waals surface area (Å²) in [6, 6.07) is 11.5. The molecule has 0 bridgehead atoms. The first-order valence-corrected chi connectivity index (χ1v) is 9.57. The second-order valence-electron chi connectivity index (χ2n) is 7.16. The summed E-state index contributed by atoms with van der Waals surface area (Å²) < 4.78 is 48.6. The number of amides is 1. The van der Waals surface area contributed by atoms with E-state index in [1.807, 2.05) is 0 Å². The van der Waals surface area contributed by atoms with Crippen LogP contribution in [0, 0.1) is 0 Å². The molecular weight excluding hydrogens is 415 g/mol. The minimum Gasteiger partial charge on any atom is -0.479 e. The molecule has 2 aromatic rings. The van der Waals surface area contributed by atoms with Gasteiger partial charge < -0.3 is 19.9 Å². The Hall–Kier alpha value is -3.07. The van der Waals surface area contributed by atoms with E-state index in [9.17, 15) is 27.9 Å². The monoisotopic (exact) mass is 439 g/mol. The number of alkyl halides is 3. The molecule has 0 aromatic heterocycles. The number of rotatable bonds is 9. The van der Waals surface area contributed by atoms with E-state index in [2.05, 4.69) is 5.32 Å².